The predicted octanol–water partition coefficient (Wildman–Crippen LogP) is 0.795. The monoisotopic (exact) mass is 279 g/mol. The summed E-state index contributed by atoms with van der Waals surface area (Å²) >= 11 is 0. The summed E-state index contributed by atoms with van der Waals surface area (Å²) in [4.78, 5) is 21.8. The molecule has 2 N–H and O–H groups in total. The second kappa shape index (κ2) is 8.47. The molecule has 0 saturated heterocycles. The van der Waals surface area contributed by atoms with Gasteiger partial charge in [-0.3, -0.25) is 4.79 Å². The molecule has 0 saturated carbocycles. The third kappa shape index (κ3) is 5.97. The molecule has 0 spiro atoms. The first-order valence-corrected chi connectivity index (χ1v) is 7.02. The van der Waals surface area contributed by atoms with Crippen LogP contribution in [0.4, 0.5) is 5.95 Å². The van der Waals surface area contributed by atoms with E-state index >= 15 is 0 Å². The van der Waals surface area contributed by atoms with Crippen LogP contribution in [-0.2, 0) is 11.3 Å². The average Bonchev–Trinajstić information content (AvgIpc) is 2.39. The molecule has 0 fully saturated rings. The maximum Gasteiger partial charge on any atom is 0.239 e. The van der Waals surface area contributed by atoms with Gasteiger partial charge in [0.2, 0.25) is 11.9 Å². The molecule has 0 aliphatic heterocycles. The molecule has 20 heavy (non-hydrogen) atoms. The van der Waals surface area contributed by atoms with E-state index < -0.39 is 0 Å². The first kappa shape index (κ1) is 16.4. The first-order chi connectivity index (χ1) is 9.52. The third-order valence-electron chi connectivity index (χ3n) is 2.67. The smallest absolute Gasteiger partial charge is 0.239 e. The van der Waals surface area contributed by atoms with Crippen LogP contribution in [0.15, 0.2) is 12.4 Å². The molecule has 0 bridgehead atoms. The second-order valence-electron chi connectivity index (χ2n) is 5.23. The van der Waals surface area contributed by atoms with E-state index in [2.05, 4.69) is 34.4 Å². The molecule has 1 heterocycles. The highest BCUT2D eigenvalue weighted by Gasteiger charge is 2.08. The normalized spacial score (nSPS) is 10.7. The van der Waals surface area contributed by atoms with Gasteiger partial charge in [0.15, 0.2) is 0 Å². The van der Waals surface area contributed by atoms with Crippen LogP contribution in [0.25, 0.3) is 0 Å². The Balaban J connectivity index is 2.46. The van der Waals surface area contributed by atoms with Crippen molar-refractivity contribution in [1.82, 2.24) is 20.6 Å². The van der Waals surface area contributed by atoms with Gasteiger partial charge in [-0.25, -0.2) is 9.97 Å². The Kier molecular flexibility index (Phi) is 6.93. The lowest BCUT2D eigenvalue weighted by Gasteiger charge is -2.16. The minimum Gasteiger partial charge on any atom is -0.355 e. The fraction of sp³-hybridized carbons (Fsp3) is 0.643. The van der Waals surface area contributed by atoms with Crippen molar-refractivity contribution >= 4 is 11.9 Å². The zero-order valence-electron chi connectivity index (χ0n) is 12.8. The molecule has 1 amide bonds. The zero-order chi connectivity index (χ0) is 15.0. The molecule has 0 aliphatic rings. The summed E-state index contributed by atoms with van der Waals surface area (Å²) in [6, 6.07) is 0. The first-order valence-electron chi connectivity index (χ1n) is 7.02. The predicted molar refractivity (Wildman–Crippen MR) is 80.5 cm³/mol. The van der Waals surface area contributed by atoms with Gasteiger partial charge in [0.1, 0.15) is 0 Å². The summed E-state index contributed by atoms with van der Waals surface area (Å²) in [6.07, 6.45) is 3.59. The van der Waals surface area contributed by atoms with Crippen molar-refractivity contribution in [2.45, 2.75) is 27.3 Å². The van der Waals surface area contributed by atoms with E-state index in [-0.39, 0.29) is 12.5 Å². The summed E-state index contributed by atoms with van der Waals surface area (Å²) < 4.78 is 0. The largest absolute Gasteiger partial charge is 0.355 e. The molecule has 1 aromatic rings. The summed E-state index contributed by atoms with van der Waals surface area (Å²) in [5.41, 5.74) is 1.04. The van der Waals surface area contributed by atoms with Crippen molar-refractivity contribution in [2.24, 2.45) is 5.92 Å². The molecule has 0 atom stereocenters. The molecule has 0 aliphatic carbocycles. The SMILES string of the molecule is CCNC(=O)CN(C)c1ncc(CNCC(C)C)cn1. The Labute approximate surface area is 121 Å². The average molecular weight is 279 g/mol. The number of carbonyl (C=O) groups is 1. The Morgan fingerprint density at radius 3 is 2.55 bits per heavy atom. The summed E-state index contributed by atoms with van der Waals surface area (Å²) in [6.45, 7) is 8.86. The topological polar surface area (TPSA) is 70.2 Å². The number of hydrogen-bond donors (Lipinski definition) is 2. The lowest BCUT2D eigenvalue weighted by atomic mass is 10.2. The van der Waals surface area contributed by atoms with Crippen LogP contribution in [0, 0.1) is 5.92 Å². The molecule has 1 rings (SSSR count). The maximum absolute atomic E-state index is 11.5. The molecule has 0 unspecified atom stereocenters. The molecule has 6 nitrogen and oxygen atoms in total. The van der Waals surface area contributed by atoms with Gasteiger partial charge in [-0.2, -0.15) is 0 Å². The van der Waals surface area contributed by atoms with Gasteiger partial charge in [0.25, 0.3) is 0 Å². The lowest BCUT2D eigenvalue weighted by Crippen LogP contribution is -2.35. The molecular formula is C14H25N5O. The highest BCUT2D eigenvalue weighted by Crippen LogP contribution is 2.04. The van der Waals surface area contributed by atoms with Gasteiger partial charge in [0.05, 0.1) is 6.54 Å². The van der Waals surface area contributed by atoms with E-state index in [1.807, 2.05) is 6.92 Å². The Morgan fingerprint density at radius 2 is 2.00 bits per heavy atom. The Bertz CT molecular complexity index is 405. The van der Waals surface area contributed by atoms with E-state index in [4.69, 9.17) is 0 Å². The van der Waals surface area contributed by atoms with Crippen LogP contribution in [0.5, 0.6) is 0 Å². The van der Waals surface area contributed by atoms with Crippen LogP contribution in [0.3, 0.4) is 0 Å². The summed E-state index contributed by atoms with van der Waals surface area (Å²) in [7, 11) is 1.81. The van der Waals surface area contributed by atoms with Gasteiger partial charge in [0, 0.05) is 38.1 Å². The third-order valence-corrected chi connectivity index (χ3v) is 2.67. The standard InChI is InChI=1S/C14H25N5O/c1-5-16-13(20)10-19(4)14-17-8-12(9-18-14)7-15-6-11(2)3/h8-9,11,15H,5-7,10H2,1-4H3,(H,16,20). The molecule has 1 aromatic heterocycles. The fourth-order valence-corrected chi connectivity index (χ4v) is 1.68. The zero-order valence-corrected chi connectivity index (χ0v) is 12.8. The van der Waals surface area contributed by atoms with E-state index in [9.17, 15) is 4.79 Å². The van der Waals surface area contributed by atoms with Crippen LogP contribution >= 0.6 is 0 Å². The highest BCUT2D eigenvalue weighted by atomic mass is 16.2. The number of nitrogens with zero attached hydrogens (tertiary/aromatic N) is 3. The molecule has 6 heteroatoms. The molecule has 112 valence electrons. The van der Waals surface area contributed by atoms with E-state index in [1.165, 1.54) is 0 Å². The van der Waals surface area contributed by atoms with E-state index in [1.54, 1.807) is 24.3 Å². The second-order valence-corrected chi connectivity index (χ2v) is 5.23. The maximum atomic E-state index is 11.5. The highest BCUT2D eigenvalue weighted by molar-refractivity contribution is 5.80. The van der Waals surface area contributed by atoms with E-state index in [0.717, 1.165) is 18.7 Å². The number of aromatic nitrogens is 2. The molecule has 0 aromatic carbocycles. The number of nitrogens with one attached hydrogen (secondary N) is 2. The molecule has 0 radical (unpaired) electrons. The number of amides is 1. The number of likely N-dealkylation sites (N-methyl/N-ethyl adjacent to an activating group) is 2. The van der Waals surface area contributed by atoms with Crippen molar-refractivity contribution in [3.05, 3.63) is 18.0 Å². The van der Waals surface area contributed by atoms with Crippen LogP contribution in [-0.4, -0.2) is 42.6 Å². The van der Waals surface area contributed by atoms with Crippen molar-refractivity contribution in [2.75, 3.05) is 31.6 Å². The summed E-state index contributed by atoms with van der Waals surface area (Å²) in [5, 5.41) is 6.09. The van der Waals surface area contributed by atoms with Crippen LogP contribution < -0.4 is 15.5 Å². The minimum absolute atomic E-state index is 0.0266. The Morgan fingerprint density at radius 1 is 1.35 bits per heavy atom. The van der Waals surface area contributed by atoms with Crippen molar-refractivity contribution in [1.29, 1.82) is 0 Å². The minimum atomic E-state index is -0.0266. The van der Waals surface area contributed by atoms with Gasteiger partial charge in [-0.05, 0) is 19.4 Å². The quantitative estimate of drug-likeness (QED) is 0.736. The number of anilines is 1. The number of hydrogen-bond acceptors (Lipinski definition) is 5. The van der Waals surface area contributed by atoms with Gasteiger partial charge >= 0.3 is 0 Å². The summed E-state index contributed by atoms with van der Waals surface area (Å²) in [5.74, 6) is 1.16. The number of rotatable bonds is 8. The van der Waals surface area contributed by atoms with Gasteiger partial charge in [-0.1, -0.05) is 13.8 Å². The van der Waals surface area contributed by atoms with Crippen molar-refractivity contribution in [3.8, 4) is 0 Å². The van der Waals surface area contributed by atoms with Crippen molar-refractivity contribution in [3.63, 3.8) is 0 Å². The van der Waals surface area contributed by atoms with Crippen LogP contribution in [0.1, 0.15) is 26.3 Å². The van der Waals surface area contributed by atoms with Crippen LogP contribution in [0.2, 0.25) is 0 Å². The number of carbonyl (C=O) groups excluding carboxylic acids is 1. The lowest BCUT2D eigenvalue weighted by molar-refractivity contribution is -0.119. The molecular weight excluding hydrogens is 254 g/mol. The van der Waals surface area contributed by atoms with Gasteiger partial charge < -0.3 is 15.5 Å². The van der Waals surface area contributed by atoms with Crippen molar-refractivity contribution < 1.29 is 4.79 Å². The fourth-order valence-electron chi connectivity index (χ4n) is 1.68. The van der Waals surface area contributed by atoms with E-state index in [0.29, 0.717) is 18.4 Å². The van der Waals surface area contributed by atoms with Gasteiger partial charge in [-0.15, -0.1) is 0 Å². The Hall–Kier alpha value is -1.69.